The summed E-state index contributed by atoms with van der Waals surface area (Å²) in [4.78, 5) is 10.6. The van der Waals surface area contributed by atoms with E-state index in [1.807, 2.05) is 18.2 Å². The molecule has 1 unspecified atom stereocenters. The molecule has 1 saturated heterocycles. The Hall–Kier alpha value is -2.10. The van der Waals surface area contributed by atoms with Crippen LogP contribution in [0.5, 0.6) is 11.6 Å². The first-order chi connectivity index (χ1) is 12.2. The maximum Gasteiger partial charge on any atom is 0.213 e. The molecule has 2 N–H and O–H groups in total. The lowest BCUT2D eigenvalue weighted by molar-refractivity contribution is 0.205. The first-order valence-electron chi connectivity index (χ1n) is 8.16. The minimum atomic E-state index is -0.626. The van der Waals surface area contributed by atoms with E-state index in [-0.39, 0.29) is 35.8 Å². The second kappa shape index (κ2) is 9.56. The predicted octanol–water partition coefficient (Wildman–Crippen LogP) is 2.77. The maximum absolute atomic E-state index is 13.4. The number of aromatic nitrogens is 1. The maximum atomic E-state index is 13.4. The van der Waals surface area contributed by atoms with Crippen molar-refractivity contribution in [2.75, 3.05) is 20.1 Å². The summed E-state index contributed by atoms with van der Waals surface area (Å²) in [7, 11) is 1.71. The lowest BCUT2D eigenvalue weighted by Gasteiger charge is -2.21. The molecule has 1 fully saturated rings. The van der Waals surface area contributed by atoms with Crippen LogP contribution in [0, 0.1) is 5.82 Å². The van der Waals surface area contributed by atoms with Gasteiger partial charge in [0.1, 0.15) is 6.10 Å². The molecule has 140 valence electrons. The van der Waals surface area contributed by atoms with Crippen molar-refractivity contribution in [3.05, 3.63) is 54.0 Å². The topological polar surface area (TPSA) is 70.0 Å². The smallest absolute Gasteiger partial charge is 0.213 e. The number of aromatic hydroxyl groups is 1. The summed E-state index contributed by atoms with van der Waals surface area (Å²) in [6.07, 6.45) is 2.64. The molecule has 3 rings (SSSR count). The molecule has 0 amide bonds. The number of nitrogens with zero attached hydrogens (tertiary/aromatic N) is 3. The minimum absolute atomic E-state index is 0. The molecule has 1 atom stereocenters. The first-order valence-corrected chi connectivity index (χ1v) is 8.16. The van der Waals surface area contributed by atoms with Gasteiger partial charge in [0.15, 0.2) is 17.5 Å². The Morgan fingerprint density at radius 3 is 2.96 bits per heavy atom. The summed E-state index contributed by atoms with van der Waals surface area (Å²) in [5.74, 6) is 0.388. The van der Waals surface area contributed by atoms with E-state index in [9.17, 15) is 9.50 Å². The van der Waals surface area contributed by atoms with E-state index < -0.39 is 5.82 Å². The van der Waals surface area contributed by atoms with Crippen LogP contribution in [-0.4, -0.2) is 47.2 Å². The fourth-order valence-electron chi connectivity index (χ4n) is 2.78. The number of benzene rings is 1. The second-order valence-electron chi connectivity index (χ2n) is 5.83. The van der Waals surface area contributed by atoms with Crippen LogP contribution in [0.3, 0.4) is 0 Å². The summed E-state index contributed by atoms with van der Waals surface area (Å²) in [5.41, 5.74) is 0.733. The molecule has 2 aromatic rings. The van der Waals surface area contributed by atoms with Crippen molar-refractivity contribution < 1.29 is 14.2 Å². The van der Waals surface area contributed by atoms with Crippen molar-refractivity contribution in [1.29, 1.82) is 0 Å². The van der Waals surface area contributed by atoms with Crippen molar-refractivity contribution in [1.82, 2.24) is 15.2 Å². The lowest BCUT2D eigenvalue weighted by Crippen LogP contribution is -2.40. The molecule has 1 aliphatic rings. The van der Waals surface area contributed by atoms with Gasteiger partial charge < -0.3 is 20.1 Å². The zero-order chi connectivity index (χ0) is 17.6. The highest BCUT2D eigenvalue weighted by Crippen LogP contribution is 2.18. The van der Waals surface area contributed by atoms with Crippen molar-refractivity contribution >= 4 is 29.9 Å². The molecule has 0 bridgehead atoms. The lowest BCUT2D eigenvalue weighted by atomic mass is 10.2. The van der Waals surface area contributed by atoms with E-state index >= 15 is 0 Å². The number of hydrogen-bond donors (Lipinski definition) is 2. The van der Waals surface area contributed by atoms with Gasteiger partial charge in [-0.3, -0.25) is 4.99 Å². The number of guanidine groups is 1. The van der Waals surface area contributed by atoms with Crippen LogP contribution in [0.4, 0.5) is 4.39 Å². The molecule has 0 aliphatic carbocycles. The third-order valence-corrected chi connectivity index (χ3v) is 4.04. The number of rotatable bonds is 4. The standard InChI is InChI=1S/C18H21FN4O2.HI/c1-20-18(22-11-13-5-6-16(24)15(19)10-13)23-9-7-14(12-23)25-17-4-2-3-8-21-17;/h2-6,8,10,14,24H,7,9,11-12H2,1H3,(H,20,22);1H. The monoisotopic (exact) mass is 472 g/mol. The summed E-state index contributed by atoms with van der Waals surface area (Å²) in [6, 6.07) is 9.93. The van der Waals surface area contributed by atoms with Crippen LogP contribution < -0.4 is 10.1 Å². The molecule has 6 nitrogen and oxygen atoms in total. The quantitative estimate of drug-likeness (QED) is 0.407. The molecular weight excluding hydrogens is 450 g/mol. The number of likely N-dealkylation sites (tertiary alicyclic amines) is 1. The molecular formula is C18H22FIN4O2. The molecule has 2 heterocycles. The van der Waals surface area contributed by atoms with Crippen molar-refractivity contribution in [3.8, 4) is 11.6 Å². The van der Waals surface area contributed by atoms with E-state index in [2.05, 4.69) is 20.2 Å². The number of ether oxygens (including phenoxy) is 1. The summed E-state index contributed by atoms with van der Waals surface area (Å²) in [5, 5.41) is 12.5. The highest BCUT2D eigenvalue weighted by molar-refractivity contribution is 14.0. The molecule has 1 aromatic carbocycles. The Morgan fingerprint density at radius 2 is 2.27 bits per heavy atom. The SMILES string of the molecule is CN=C(NCc1ccc(O)c(F)c1)N1CCC(Oc2ccccn2)C1.I. The molecule has 8 heteroatoms. The molecule has 1 aromatic heterocycles. The van der Waals surface area contributed by atoms with E-state index in [1.165, 1.54) is 12.1 Å². The summed E-state index contributed by atoms with van der Waals surface area (Å²) < 4.78 is 19.3. The Labute approximate surface area is 169 Å². The molecule has 1 aliphatic heterocycles. The summed E-state index contributed by atoms with van der Waals surface area (Å²) in [6.45, 7) is 1.95. The molecule has 26 heavy (non-hydrogen) atoms. The Balaban J connectivity index is 0.00000243. The number of phenolic OH excluding ortho intramolecular Hbond substituents is 1. The fourth-order valence-corrected chi connectivity index (χ4v) is 2.78. The Bertz CT molecular complexity index is 745. The van der Waals surface area contributed by atoms with Crippen LogP contribution in [0.25, 0.3) is 0 Å². The number of halogens is 2. The average molecular weight is 472 g/mol. The first kappa shape index (κ1) is 20.2. The van der Waals surface area contributed by atoms with Gasteiger partial charge in [-0.05, 0) is 23.8 Å². The van der Waals surface area contributed by atoms with Gasteiger partial charge in [0.25, 0.3) is 0 Å². The molecule has 0 radical (unpaired) electrons. The number of hydrogen-bond acceptors (Lipinski definition) is 4. The minimum Gasteiger partial charge on any atom is -0.505 e. The van der Waals surface area contributed by atoms with Crippen LogP contribution in [0.15, 0.2) is 47.6 Å². The van der Waals surface area contributed by atoms with Gasteiger partial charge in [-0.1, -0.05) is 12.1 Å². The van der Waals surface area contributed by atoms with Crippen molar-refractivity contribution in [3.63, 3.8) is 0 Å². The highest BCUT2D eigenvalue weighted by Gasteiger charge is 2.26. The third kappa shape index (κ3) is 5.20. The number of nitrogens with one attached hydrogen (secondary N) is 1. The van der Waals surface area contributed by atoms with E-state index in [0.717, 1.165) is 24.5 Å². The van der Waals surface area contributed by atoms with Gasteiger partial charge in [0.2, 0.25) is 5.88 Å². The van der Waals surface area contributed by atoms with Crippen molar-refractivity contribution in [2.45, 2.75) is 19.1 Å². The van der Waals surface area contributed by atoms with Gasteiger partial charge in [0, 0.05) is 38.8 Å². The Morgan fingerprint density at radius 1 is 1.42 bits per heavy atom. The van der Waals surface area contributed by atoms with Gasteiger partial charge >= 0.3 is 0 Å². The van der Waals surface area contributed by atoms with Gasteiger partial charge in [0.05, 0.1) is 6.54 Å². The molecule has 0 spiro atoms. The van der Waals surface area contributed by atoms with Crippen LogP contribution >= 0.6 is 24.0 Å². The van der Waals surface area contributed by atoms with E-state index in [4.69, 9.17) is 4.74 Å². The predicted molar refractivity (Wildman–Crippen MR) is 109 cm³/mol. The zero-order valence-electron chi connectivity index (χ0n) is 14.4. The fraction of sp³-hybridized carbons (Fsp3) is 0.333. The second-order valence-corrected chi connectivity index (χ2v) is 5.83. The average Bonchev–Trinajstić information content (AvgIpc) is 3.08. The third-order valence-electron chi connectivity index (χ3n) is 4.04. The van der Waals surface area contributed by atoms with E-state index in [0.29, 0.717) is 19.0 Å². The highest BCUT2D eigenvalue weighted by atomic mass is 127. The van der Waals surface area contributed by atoms with Crippen LogP contribution in [-0.2, 0) is 6.54 Å². The Kier molecular flexibility index (Phi) is 7.43. The summed E-state index contributed by atoms with van der Waals surface area (Å²) >= 11 is 0. The number of phenols is 1. The normalized spacial score (nSPS) is 16.9. The van der Waals surface area contributed by atoms with Crippen LogP contribution in [0.2, 0.25) is 0 Å². The van der Waals surface area contributed by atoms with Gasteiger partial charge in [-0.15, -0.1) is 24.0 Å². The van der Waals surface area contributed by atoms with Crippen LogP contribution in [0.1, 0.15) is 12.0 Å². The zero-order valence-corrected chi connectivity index (χ0v) is 16.8. The van der Waals surface area contributed by atoms with Gasteiger partial charge in [-0.25, -0.2) is 9.37 Å². The largest absolute Gasteiger partial charge is 0.505 e. The van der Waals surface area contributed by atoms with Crippen molar-refractivity contribution in [2.24, 2.45) is 4.99 Å². The number of pyridine rings is 1. The molecule has 0 saturated carbocycles. The number of aliphatic imine (C=N–C) groups is 1. The van der Waals surface area contributed by atoms with E-state index in [1.54, 1.807) is 19.3 Å². The van der Waals surface area contributed by atoms with Gasteiger partial charge in [-0.2, -0.15) is 0 Å².